The molecule has 2 aliphatic rings. The average molecular weight is 518 g/mol. The minimum atomic E-state index is -0.171. The zero-order valence-electron chi connectivity index (χ0n) is 23.2. The number of carbonyl (C=O) groups excluding carboxylic acids is 1. The number of aliphatic hydroxyl groups excluding tert-OH is 1. The smallest absolute Gasteiger partial charge is 0.310 e. The molecule has 3 N–H and O–H groups in total. The normalized spacial score (nSPS) is 15.3. The molecule has 5 rings (SSSR count). The Labute approximate surface area is 228 Å². The summed E-state index contributed by atoms with van der Waals surface area (Å²) in [5, 5.41) is 7.00. The number of fused-ring (bicyclic) bond motifs is 2. The molecule has 2 heterocycles. The lowest BCUT2D eigenvalue weighted by Crippen LogP contribution is -2.17. The molecule has 0 amide bonds. The first kappa shape index (κ1) is 29.4. The van der Waals surface area contributed by atoms with Crippen LogP contribution in [0.1, 0.15) is 46.2 Å². The number of esters is 1. The molecular formula is C32H43N3O3. The standard InChI is InChI=1S/C20H23NO2.C11H16N2.CH4O/c1-21-11-5-8-18-10-9-17(12-19(18)14-21)13-20(22)23-15-16-6-3-2-4-7-16;1-13-6-2-3-9-4-5-11(12)7-10(9)8-13;1-2/h2-4,6-7,9-10,12H,5,8,11,13-15H2,1H3;4-5,7H,2-3,6,8,12H2,1H3;2H,1H3. The minimum absolute atomic E-state index is 0.171. The maximum atomic E-state index is 12.1. The number of hydrogen-bond acceptors (Lipinski definition) is 6. The Kier molecular flexibility index (Phi) is 11.8. The van der Waals surface area contributed by atoms with E-state index in [1.165, 1.54) is 48.1 Å². The highest BCUT2D eigenvalue weighted by molar-refractivity contribution is 5.72. The predicted molar refractivity (Wildman–Crippen MR) is 155 cm³/mol. The third-order valence-electron chi connectivity index (χ3n) is 6.94. The summed E-state index contributed by atoms with van der Waals surface area (Å²) in [6.07, 6.45) is 5.11. The van der Waals surface area contributed by atoms with E-state index in [0.29, 0.717) is 13.0 Å². The molecule has 38 heavy (non-hydrogen) atoms. The van der Waals surface area contributed by atoms with Crippen molar-refractivity contribution in [1.82, 2.24) is 9.80 Å². The van der Waals surface area contributed by atoms with Crippen LogP contribution in [0.5, 0.6) is 0 Å². The van der Waals surface area contributed by atoms with Gasteiger partial charge in [0, 0.05) is 25.9 Å². The fraction of sp³-hybridized carbons (Fsp3) is 0.406. The molecule has 3 aromatic carbocycles. The fourth-order valence-corrected chi connectivity index (χ4v) is 4.99. The number of hydrogen-bond donors (Lipinski definition) is 2. The van der Waals surface area contributed by atoms with Gasteiger partial charge in [-0.15, -0.1) is 0 Å². The highest BCUT2D eigenvalue weighted by atomic mass is 16.5. The molecule has 0 saturated heterocycles. The maximum Gasteiger partial charge on any atom is 0.310 e. The summed E-state index contributed by atoms with van der Waals surface area (Å²) in [4.78, 5) is 16.7. The monoisotopic (exact) mass is 517 g/mol. The number of nitrogen functional groups attached to an aromatic ring is 1. The van der Waals surface area contributed by atoms with Crippen molar-refractivity contribution < 1.29 is 14.6 Å². The van der Waals surface area contributed by atoms with Crippen LogP contribution in [0.3, 0.4) is 0 Å². The minimum Gasteiger partial charge on any atom is -0.461 e. The lowest BCUT2D eigenvalue weighted by Gasteiger charge is -2.14. The van der Waals surface area contributed by atoms with Gasteiger partial charge in [-0.3, -0.25) is 4.79 Å². The highest BCUT2D eigenvalue weighted by Crippen LogP contribution is 2.21. The molecule has 0 spiro atoms. The lowest BCUT2D eigenvalue weighted by atomic mass is 10.00. The SMILES string of the molecule is CN1CCCc2ccc(CC(=O)OCc3ccccc3)cc2C1.CN1CCCc2ccc(N)cc2C1.CO. The van der Waals surface area contributed by atoms with Crippen LogP contribution in [0.4, 0.5) is 5.69 Å². The van der Waals surface area contributed by atoms with E-state index in [9.17, 15) is 4.79 Å². The van der Waals surface area contributed by atoms with Gasteiger partial charge in [-0.2, -0.15) is 0 Å². The Morgan fingerprint density at radius 3 is 2.00 bits per heavy atom. The summed E-state index contributed by atoms with van der Waals surface area (Å²) >= 11 is 0. The second-order valence-electron chi connectivity index (χ2n) is 10.1. The molecular weight excluding hydrogens is 474 g/mol. The second kappa shape index (κ2) is 15.3. The fourth-order valence-electron chi connectivity index (χ4n) is 4.99. The van der Waals surface area contributed by atoms with Crippen molar-refractivity contribution in [2.24, 2.45) is 0 Å². The first-order valence-corrected chi connectivity index (χ1v) is 13.5. The van der Waals surface area contributed by atoms with Crippen LogP contribution < -0.4 is 5.73 Å². The van der Waals surface area contributed by atoms with Crippen LogP contribution in [0.15, 0.2) is 66.7 Å². The number of aryl methyl sites for hydroxylation is 2. The number of anilines is 1. The zero-order chi connectivity index (χ0) is 27.3. The van der Waals surface area contributed by atoms with Gasteiger partial charge >= 0.3 is 5.97 Å². The molecule has 6 nitrogen and oxygen atoms in total. The van der Waals surface area contributed by atoms with E-state index >= 15 is 0 Å². The Balaban J connectivity index is 0.000000225. The number of rotatable bonds is 4. The van der Waals surface area contributed by atoms with Crippen molar-refractivity contribution in [2.75, 3.05) is 40.0 Å². The van der Waals surface area contributed by atoms with E-state index in [2.05, 4.69) is 54.2 Å². The van der Waals surface area contributed by atoms with Crippen molar-refractivity contribution in [3.8, 4) is 0 Å². The molecule has 0 atom stereocenters. The first-order chi connectivity index (χ1) is 18.5. The second-order valence-corrected chi connectivity index (χ2v) is 10.1. The van der Waals surface area contributed by atoms with E-state index in [-0.39, 0.29) is 5.97 Å². The molecule has 0 bridgehead atoms. The van der Waals surface area contributed by atoms with E-state index < -0.39 is 0 Å². The van der Waals surface area contributed by atoms with Crippen molar-refractivity contribution in [3.05, 3.63) is 100 Å². The van der Waals surface area contributed by atoms with Crippen molar-refractivity contribution in [1.29, 1.82) is 0 Å². The van der Waals surface area contributed by atoms with Gasteiger partial charge in [0.1, 0.15) is 6.61 Å². The summed E-state index contributed by atoms with van der Waals surface area (Å²) in [5.41, 5.74) is 14.3. The highest BCUT2D eigenvalue weighted by Gasteiger charge is 2.14. The molecule has 0 fully saturated rings. The lowest BCUT2D eigenvalue weighted by molar-refractivity contribution is -0.144. The van der Waals surface area contributed by atoms with Crippen molar-refractivity contribution >= 4 is 11.7 Å². The molecule has 0 aliphatic carbocycles. The molecule has 0 radical (unpaired) electrons. The molecule has 0 unspecified atom stereocenters. The van der Waals surface area contributed by atoms with E-state index in [1.807, 2.05) is 36.4 Å². The zero-order valence-corrected chi connectivity index (χ0v) is 23.2. The summed E-state index contributed by atoms with van der Waals surface area (Å²) in [7, 11) is 5.31. The summed E-state index contributed by atoms with van der Waals surface area (Å²) in [6, 6.07) is 22.5. The topological polar surface area (TPSA) is 79.0 Å². The van der Waals surface area contributed by atoms with Crippen molar-refractivity contribution in [2.45, 2.75) is 51.8 Å². The third kappa shape index (κ3) is 9.28. The molecule has 2 aliphatic heterocycles. The van der Waals surface area contributed by atoms with Crippen LogP contribution in [-0.4, -0.2) is 55.2 Å². The van der Waals surface area contributed by atoms with Crippen LogP contribution >= 0.6 is 0 Å². The number of benzene rings is 3. The maximum absolute atomic E-state index is 12.1. The van der Waals surface area contributed by atoms with Gasteiger partial charge in [0.25, 0.3) is 0 Å². The van der Waals surface area contributed by atoms with Gasteiger partial charge in [0.05, 0.1) is 6.42 Å². The van der Waals surface area contributed by atoms with Gasteiger partial charge in [-0.05, 0) is 98.4 Å². The van der Waals surface area contributed by atoms with E-state index in [1.54, 1.807) is 0 Å². The number of carbonyl (C=O) groups is 1. The summed E-state index contributed by atoms with van der Waals surface area (Å²) in [5.74, 6) is -0.171. The Bertz CT molecular complexity index is 1150. The largest absolute Gasteiger partial charge is 0.461 e. The molecule has 3 aromatic rings. The summed E-state index contributed by atoms with van der Waals surface area (Å²) in [6.45, 7) is 4.66. The van der Waals surface area contributed by atoms with Gasteiger partial charge in [-0.1, -0.05) is 54.6 Å². The van der Waals surface area contributed by atoms with Gasteiger partial charge < -0.3 is 25.4 Å². The Morgan fingerprint density at radius 1 is 0.789 bits per heavy atom. The summed E-state index contributed by atoms with van der Waals surface area (Å²) < 4.78 is 5.37. The Hall–Kier alpha value is -3.19. The van der Waals surface area contributed by atoms with Gasteiger partial charge in [-0.25, -0.2) is 0 Å². The first-order valence-electron chi connectivity index (χ1n) is 13.5. The number of nitrogens with zero attached hydrogens (tertiary/aromatic N) is 2. The van der Waals surface area contributed by atoms with Crippen LogP contribution in [-0.2, 0) is 48.5 Å². The van der Waals surface area contributed by atoms with Gasteiger partial charge in [0.15, 0.2) is 0 Å². The molecule has 204 valence electrons. The van der Waals surface area contributed by atoms with Crippen LogP contribution in [0.25, 0.3) is 0 Å². The quantitative estimate of drug-likeness (QED) is 0.389. The number of aliphatic hydroxyl groups is 1. The number of nitrogens with two attached hydrogens (primary N) is 1. The van der Waals surface area contributed by atoms with E-state index in [0.717, 1.165) is 50.0 Å². The number of ether oxygens (including phenoxy) is 1. The predicted octanol–water partition coefficient (Wildman–Crippen LogP) is 4.61. The molecule has 0 saturated carbocycles. The van der Waals surface area contributed by atoms with E-state index in [4.69, 9.17) is 15.6 Å². The Morgan fingerprint density at radius 2 is 1.37 bits per heavy atom. The van der Waals surface area contributed by atoms with Crippen LogP contribution in [0, 0.1) is 0 Å². The third-order valence-corrected chi connectivity index (χ3v) is 6.94. The van der Waals surface area contributed by atoms with Crippen molar-refractivity contribution in [3.63, 3.8) is 0 Å². The van der Waals surface area contributed by atoms with Crippen LogP contribution in [0.2, 0.25) is 0 Å². The molecule has 6 heteroatoms. The molecule has 0 aromatic heterocycles. The average Bonchev–Trinajstić information content (AvgIpc) is 3.22. The van der Waals surface area contributed by atoms with Gasteiger partial charge in [0.2, 0.25) is 0 Å².